The summed E-state index contributed by atoms with van der Waals surface area (Å²) in [6.45, 7) is 5.31. The van der Waals surface area contributed by atoms with Gasteiger partial charge in [0.15, 0.2) is 5.82 Å². The van der Waals surface area contributed by atoms with E-state index in [4.69, 9.17) is 9.84 Å². The fourth-order valence-corrected chi connectivity index (χ4v) is 6.41. The number of nitrogens with zero attached hydrogens (tertiary/aromatic N) is 6. The second-order valence-corrected chi connectivity index (χ2v) is 11.2. The van der Waals surface area contributed by atoms with Crippen molar-refractivity contribution in [1.82, 2.24) is 24.5 Å². The van der Waals surface area contributed by atoms with Crippen LogP contribution in [0.3, 0.4) is 0 Å². The van der Waals surface area contributed by atoms with Gasteiger partial charge in [0.2, 0.25) is 5.91 Å². The van der Waals surface area contributed by atoms with E-state index in [0.29, 0.717) is 63.4 Å². The number of hydrogen-bond acceptors (Lipinski definition) is 6. The van der Waals surface area contributed by atoms with E-state index in [1.54, 1.807) is 30.1 Å². The number of ether oxygens (including phenoxy) is 1. The predicted octanol–water partition coefficient (Wildman–Crippen LogP) is 5.00. The van der Waals surface area contributed by atoms with Gasteiger partial charge in [0.25, 0.3) is 6.43 Å². The van der Waals surface area contributed by atoms with Gasteiger partial charge in [-0.3, -0.25) is 14.2 Å². The lowest BCUT2D eigenvalue weighted by molar-refractivity contribution is -0.129. The molecule has 9 nitrogen and oxygen atoms in total. The van der Waals surface area contributed by atoms with E-state index in [9.17, 15) is 18.4 Å². The number of halogens is 2. The summed E-state index contributed by atoms with van der Waals surface area (Å²) in [6.07, 6.45) is 6.80. The lowest BCUT2D eigenvalue weighted by atomic mass is 9.92. The van der Waals surface area contributed by atoms with Crippen molar-refractivity contribution in [2.24, 2.45) is 0 Å². The Bertz CT molecular complexity index is 1430. The molecule has 0 atom stereocenters. The lowest BCUT2D eigenvalue weighted by Crippen LogP contribution is -2.36. The summed E-state index contributed by atoms with van der Waals surface area (Å²) in [4.78, 5) is 26.9. The number of carbonyl (C=O) groups excluding carboxylic acids is 2. The quantitative estimate of drug-likeness (QED) is 0.282. The van der Waals surface area contributed by atoms with Gasteiger partial charge in [-0.2, -0.15) is 10.2 Å². The lowest BCUT2D eigenvalue weighted by Gasteiger charge is -2.33. The van der Waals surface area contributed by atoms with E-state index >= 15 is 0 Å². The first-order valence-corrected chi connectivity index (χ1v) is 14.6. The number of anilines is 2. The van der Waals surface area contributed by atoms with Gasteiger partial charge in [0.1, 0.15) is 6.29 Å². The van der Waals surface area contributed by atoms with Crippen LogP contribution in [0.15, 0.2) is 24.5 Å². The van der Waals surface area contributed by atoms with E-state index in [0.717, 1.165) is 66.7 Å². The van der Waals surface area contributed by atoms with Crippen molar-refractivity contribution in [3.8, 4) is 11.1 Å². The summed E-state index contributed by atoms with van der Waals surface area (Å²) < 4.78 is 38.6. The first kappa shape index (κ1) is 27.6. The van der Waals surface area contributed by atoms with Crippen LogP contribution >= 0.6 is 0 Å². The Balaban J connectivity index is 1.40. The summed E-state index contributed by atoms with van der Waals surface area (Å²) in [5.41, 5.74) is 5.01. The smallest absolute Gasteiger partial charge is 0.264 e. The van der Waals surface area contributed by atoms with Crippen LogP contribution in [-0.2, 0) is 40.3 Å². The second-order valence-electron chi connectivity index (χ2n) is 11.2. The molecule has 1 fully saturated rings. The van der Waals surface area contributed by atoms with Crippen LogP contribution in [0.4, 0.5) is 20.3 Å². The Morgan fingerprint density at radius 2 is 2.02 bits per heavy atom. The number of aryl methyl sites for hydroxylation is 2. The van der Waals surface area contributed by atoms with Gasteiger partial charge in [-0.15, -0.1) is 0 Å². The van der Waals surface area contributed by atoms with Crippen molar-refractivity contribution in [2.45, 2.75) is 77.4 Å². The summed E-state index contributed by atoms with van der Waals surface area (Å²) in [5, 5.41) is 9.50. The molecule has 3 aromatic rings. The largest absolute Gasteiger partial charge is 0.381 e. The number of aromatic nitrogens is 4. The van der Waals surface area contributed by atoms with E-state index in [1.165, 1.54) is 0 Å². The minimum absolute atomic E-state index is 0.0239. The highest BCUT2D eigenvalue weighted by Crippen LogP contribution is 2.43. The third-order valence-corrected chi connectivity index (χ3v) is 8.56. The van der Waals surface area contributed by atoms with E-state index in [1.807, 2.05) is 11.0 Å². The van der Waals surface area contributed by atoms with Crippen molar-refractivity contribution >= 4 is 23.7 Å². The van der Waals surface area contributed by atoms with Crippen molar-refractivity contribution < 1.29 is 23.1 Å². The Labute approximate surface area is 238 Å². The number of unbranched alkanes of at least 4 members (excludes halogenated alkanes) is 1. The molecule has 5 heterocycles. The van der Waals surface area contributed by atoms with Gasteiger partial charge in [0, 0.05) is 86.9 Å². The average molecular weight is 567 g/mol. The average Bonchev–Trinajstić information content (AvgIpc) is 3.61. The molecule has 3 aliphatic rings. The first-order chi connectivity index (χ1) is 19.9. The first-order valence-electron chi connectivity index (χ1n) is 14.6. The molecule has 2 aromatic heterocycles. The molecule has 1 amide bonds. The summed E-state index contributed by atoms with van der Waals surface area (Å²) >= 11 is 0. The van der Waals surface area contributed by atoms with Gasteiger partial charge >= 0.3 is 0 Å². The fourth-order valence-electron chi connectivity index (χ4n) is 6.41. The van der Waals surface area contributed by atoms with Gasteiger partial charge in [-0.25, -0.2) is 8.78 Å². The molecule has 0 unspecified atom stereocenters. The SMILES string of the molecule is CC(=O)N1CCc2c(c(N3CCCc4cc(-c5cnn(CCCC=O)c5)c(C(F)F)cc43)nn2C2CCOCC2)C1. The number of rotatable bonds is 8. The molecular weight excluding hydrogens is 530 g/mol. The molecule has 3 aliphatic heterocycles. The summed E-state index contributed by atoms with van der Waals surface area (Å²) in [6, 6.07) is 3.74. The second kappa shape index (κ2) is 11.7. The molecule has 0 saturated carbocycles. The molecule has 218 valence electrons. The maximum absolute atomic E-state index is 14.6. The zero-order valence-electron chi connectivity index (χ0n) is 23.4. The third-order valence-electron chi connectivity index (χ3n) is 8.56. The number of alkyl halides is 2. The zero-order valence-corrected chi connectivity index (χ0v) is 23.4. The van der Waals surface area contributed by atoms with Gasteiger partial charge in [0.05, 0.1) is 18.8 Å². The topological polar surface area (TPSA) is 85.5 Å². The third kappa shape index (κ3) is 5.39. The van der Waals surface area contributed by atoms with Gasteiger partial charge in [-0.05, 0) is 55.4 Å². The highest BCUT2D eigenvalue weighted by Gasteiger charge is 2.34. The Morgan fingerprint density at radius 3 is 2.78 bits per heavy atom. The summed E-state index contributed by atoms with van der Waals surface area (Å²) in [5.74, 6) is 0.796. The number of aldehydes is 1. The van der Waals surface area contributed by atoms with E-state index < -0.39 is 6.43 Å². The zero-order chi connectivity index (χ0) is 28.5. The molecule has 0 spiro atoms. The predicted molar refractivity (Wildman–Crippen MR) is 149 cm³/mol. The molecule has 0 aliphatic carbocycles. The normalized spacial score (nSPS) is 17.6. The Kier molecular flexibility index (Phi) is 7.88. The highest BCUT2D eigenvalue weighted by molar-refractivity contribution is 5.78. The Morgan fingerprint density at radius 1 is 1.20 bits per heavy atom. The molecule has 1 aromatic carbocycles. The molecule has 0 bridgehead atoms. The van der Waals surface area contributed by atoms with Crippen LogP contribution in [0.2, 0.25) is 0 Å². The minimum atomic E-state index is -2.67. The molecule has 0 radical (unpaired) electrons. The molecular formula is C30H36F2N6O3. The maximum Gasteiger partial charge on any atom is 0.264 e. The standard InChI is InChI=1S/C30H36F2N6O3/c1-20(40)35-11-6-27-26(19-35)30(34-38(27)23-7-13-41-14-8-23)37-10-4-5-21-15-24(25(29(31)32)16-28(21)37)22-17-33-36(18-22)9-2-3-12-39/h12,15-18,23,29H,2-11,13-14,19H2,1H3. The van der Waals surface area contributed by atoms with Gasteiger partial charge < -0.3 is 19.3 Å². The molecule has 11 heteroatoms. The Hall–Kier alpha value is -3.60. The van der Waals surface area contributed by atoms with Crippen molar-refractivity contribution in [1.29, 1.82) is 0 Å². The van der Waals surface area contributed by atoms with Crippen LogP contribution in [0.25, 0.3) is 11.1 Å². The molecule has 0 N–H and O–H groups in total. The number of carbonyl (C=O) groups is 2. The number of benzene rings is 1. The fraction of sp³-hybridized carbons (Fsp3) is 0.533. The number of hydrogen-bond donors (Lipinski definition) is 0. The number of amides is 1. The maximum atomic E-state index is 14.6. The molecule has 6 rings (SSSR count). The van der Waals surface area contributed by atoms with Gasteiger partial charge in [-0.1, -0.05) is 0 Å². The summed E-state index contributed by atoms with van der Waals surface area (Å²) in [7, 11) is 0. The van der Waals surface area contributed by atoms with E-state index in [2.05, 4.69) is 14.7 Å². The number of fused-ring (bicyclic) bond motifs is 2. The van der Waals surface area contributed by atoms with Crippen molar-refractivity contribution in [3.63, 3.8) is 0 Å². The van der Waals surface area contributed by atoms with Crippen LogP contribution in [0.5, 0.6) is 0 Å². The van der Waals surface area contributed by atoms with Crippen molar-refractivity contribution in [2.75, 3.05) is 31.2 Å². The van der Waals surface area contributed by atoms with E-state index in [-0.39, 0.29) is 17.5 Å². The molecule has 1 saturated heterocycles. The van der Waals surface area contributed by atoms with Crippen LogP contribution in [0, 0.1) is 0 Å². The van der Waals surface area contributed by atoms with Crippen molar-refractivity contribution in [3.05, 3.63) is 46.9 Å². The van der Waals surface area contributed by atoms with Crippen LogP contribution in [-0.4, -0.2) is 63.0 Å². The molecule has 41 heavy (non-hydrogen) atoms. The highest BCUT2D eigenvalue weighted by atomic mass is 19.3. The minimum Gasteiger partial charge on any atom is -0.381 e. The van der Waals surface area contributed by atoms with Crippen LogP contribution < -0.4 is 4.90 Å². The van der Waals surface area contributed by atoms with Crippen LogP contribution in [0.1, 0.15) is 73.9 Å². The monoisotopic (exact) mass is 566 g/mol.